The molecule has 2 rings (SSSR count). The Balaban J connectivity index is 2.32. The summed E-state index contributed by atoms with van der Waals surface area (Å²) in [5.41, 5.74) is 2.78. The largest absolute Gasteiger partial charge is 0.351 e. The number of carbonyl (C=O) groups excluding carboxylic acids is 1. The van der Waals surface area contributed by atoms with E-state index in [1.54, 1.807) is 16.8 Å². The molecular weight excluding hydrogens is 274 g/mol. The molecule has 0 unspecified atom stereocenters. The van der Waals surface area contributed by atoms with Crippen LogP contribution >= 0.6 is 0 Å². The SMILES string of the molecule is Cc1cccc(-n2ccc(C#N)c2C(=O)NCCC(C)C)c1. The van der Waals surface area contributed by atoms with E-state index in [2.05, 4.69) is 25.2 Å². The molecule has 0 aliphatic rings. The first-order valence-electron chi connectivity index (χ1n) is 7.49. The second-order valence-corrected chi connectivity index (χ2v) is 5.84. The van der Waals surface area contributed by atoms with Crippen LogP contribution in [0.3, 0.4) is 0 Å². The lowest BCUT2D eigenvalue weighted by molar-refractivity contribution is 0.0945. The summed E-state index contributed by atoms with van der Waals surface area (Å²) in [4.78, 5) is 12.5. The van der Waals surface area contributed by atoms with Crippen LogP contribution in [-0.4, -0.2) is 17.0 Å². The summed E-state index contributed by atoms with van der Waals surface area (Å²) in [5, 5.41) is 12.2. The van der Waals surface area contributed by atoms with Crippen LogP contribution in [0.5, 0.6) is 0 Å². The molecule has 0 atom stereocenters. The zero-order chi connectivity index (χ0) is 16.1. The first-order chi connectivity index (χ1) is 10.5. The molecule has 4 nitrogen and oxygen atoms in total. The summed E-state index contributed by atoms with van der Waals surface area (Å²) in [5.74, 6) is 0.322. The van der Waals surface area contributed by atoms with Crippen molar-refractivity contribution in [3.63, 3.8) is 0 Å². The van der Waals surface area contributed by atoms with Crippen molar-refractivity contribution in [1.82, 2.24) is 9.88 Å². The average molecular weight is 295 g/mol. The van der Waals surface area contributed by atoms with Gasteiger partial charge in [0.1, 0.15) is 11.8 Å². The molecule has 0 aliphatic heterocycles. The highest BCUT2D eigenvalue weighted by Gasteiger charge is 2.18. The van der Waals surface area contributed by atoms with Crippen molar-refractivity contribution in [2.45, 2.75) is 27.2 Å². The first-order valence-corrected chi connectivity index (χ1v) is 7.49. The molecule has 4 heteroatoms. The van der Waals surface area contributed by atoms with Crippen LogP contribution in [0.4, 0.5) is 0 Å². The number of hydrogen-bond acceptors (Lipinski definition) is 2. The molecular formula is C18H21N3O. The van der Waals surface area contributed by atoms with Crippen LogP contribution in [0.25, 0.3) is 5.69 Å². The van der Waals surface area contributed by atoms with Crippen molar-refractivity contribution >= 4 is 5.91 Å². The predicted octanol–water partition coefficient (Wildman–Crippen LogP) is 3.43. The summed E-state index contributed by atoms with van der Waals surface area (Å²) < 4.78 is 1.77. The van der Waals surface area contributed by atoms with Crippen molar-refractivity contribution in [2.75, 3.05) is 6.54 Å². The second kappa shape index (κ2) is 6.95. The number of hydrogen-bond donors (Lipinski definition) is 1. The van der Waals surface area contributed by atoms with Crippen molar-refractivity contribution < 1.29 is 4.79 Å². The maximum atomic E-state index is 12.5. The predicted molar refractivity (Wildman–Crippen MR) is 87.0 cm³/mol. The third kappa shape index (κ3) is 3.56. The molecule has 1 amide bonds. The summed E-state index contributed by atoms with van der Waals surface area (Å²) in [6.45, 7) is 6.84. The van der Waals surface area contributed by atoms with E-state index in [1.165, 1.54) is 0 Å². The number of aromatic nitrogens is 1. The molecule has 0 aliphatic carbocycles. The van der Waals surface area contributed by atoms with Gasteiger partial charge in [-0.05, 0) is 43.0 Å². The number of aryl methyl sites for hydroxylation is 1. The molecule has 1 aromatic carbocycles. The third-order valence-electron chi connectivity index (χ3n) is 3.51. The van der Waals surface area contributed by atoms with Crippen LogP contribution in [0, 0.1) is 24.2 Å². The van der Waals surface area contributed by atoms with Gasteiger partial charge in [0.15, 0.2) is 0 Å². The summed E-state index contributed by atoms with van der Waals surface area (Å²) in [7, 11) is 0. The van der Waals surface area contributed by atoms with E-state index < -0.39 is 0 Å². The maximum Gasteiger partial charge on any atom is 0.269 e. The Hall–Kier alpha value is -2.54. The highest BCUT2D eigenvalue weighted by atomic mass is 16.1. The fourth-order valence-corrected chi connectivity index (χ4v) is 2.31. The molecule has 0 fully saturated rings. The molecule has 0 bridgehead atoms. The summed E-state index contributed by atoms with van der Waals surface area (Å²) >= 11 is 0. The van der Waals surface area contributed by atoms with Gasteiger partial charge in [0.25, 0.3) is 5.91 Å². The van der Waals surface area contributed by atoms with Gasteiger partial charge in [0, 0.05) is 18.4 Å². The molecule has 114 valence electrons. The van der Waals surface area contributed by atoms with Gasteiger partial charge in [0.05, 0.1) is 5.56 Å². The van der Waals surface area contributed by atoms with Crippen molar-refractivity contribution in [1.29, 1.82) is 5.26 Å². The molecule has 0 saturated carbocycles. The number of rotatable bonds is 5. The van der Waals surface area contributed by atoms with Crippen molar-refractivity contribution in [2.24, 2.45) is 5.92 Å². The van der Waals surface area contributed by atoms with Crippen LogP contribution in [0.15, 0.2) is 36.5 Å². The molecule has 2 aromatic rings. The van der Waals surface area contributed by atoms with E-state index in [1.807, 2.05) is 31.2 Å². The highest BCUT2D eigenvalue weighted by Crippen LogP contribution is 2.18. The zero-order valence-electron chi connectivity index (χ0n) is 13.3. The molecule has 0 saturated heterocycles. The van der Waals surface area contributed by atoms with Crippen LogP contribution < -0.4 is 5.32 Å². The minimum absolute atomic E-state index is 0.205. The number of nitriles is 1. The van der Waals surface area contributed by atoms with E-state index in [0.717, 1.165) is 17.7 Å². The number of carbonyl (C=O) groups is 1. The zero-order valence-corrected chi connectivity index (χ0v) is 13.3. The Morgan fingerprint density at radius 2 is 2.14 bits per heavy atom. The Labute approximate surface area is 131 Å². The molecule has 0 radical (unpaired) electrons. The Bertz CT molecular complexity index is 707. The van der Waals surface area contributed by atoms with Gasteiger partial charge in [-0.2, -0.15) is 5.26 Å². The van der Waals surface area contributed by atoms with Gasteiger partial charge in [-0.15, -0.1) is 0 Å². The van der Waals surface area contributed by atoms with Gasteiger partial charge in [-0.1, -0.05) is 26.0 Å². The molecule has 0 spiro atoms. The normalized spacial score (nSPS) is 10.5. The quantitative estimate of drug-likeness (QED) is 0.918. The third-order valence-corrected chi connectivity index (χ3v) is 3.51. The number of benzene rings is 1. The lowest BCUT2D eigenvalue weighted by Gasteiger charge is -2.12. The molecule has 22 heavy (non-hydrogen) atoms. The van der Waals surface area contributed by atoms with E-state index in [-0.39, 0.29) is 5.91 Å². The van der Waals surface area contributed by atoms with Gasteiger partial charge in [0.2, 0.25) is 0 Å². The fraction of sp³-hybridized carbons (Fsp3) is 0.333. The average Bonchev–Trinajstić information content (AvgIpc) is 2.90. The van der Waals surface area contributed by atoms with Crippen LogP contribution in [0.2, 0.25) is 0 Å². The summed E-state index contributed by atoms with van der Waals surface area (Å²) in [6, 6.07) is 11.6. The minimum Gasteiger partial charge on any atom is -0.351 e. The monoisotopic (exact) mass is 295 g/mol. The second-order valence-electron chi connectivity index (χ2n) is 5.84. The first kappa shape index (κ1) is 15.8. The van der Waals surface area contributed by atoms with E-state index >= 15 is 0 Å². The Morgan fingerprint density at radius 1 is 1.36 bits per heavy atom. The minimum atomic E-state index is -0.205. The fourth-order valence-electron chi connectivity index (χ4n) is 2.31. The topological polar surface area (TPSA) is 57.8 Å². The Kier molecular flexibility index (Phi) is 5.00. The van der Waals surface area contributed by atoms with E-state index in [0.29, 0.717) is 23.7 Å². The lowest BCUT2D eigenvalue weighted by atomic mass is 10.1. The molecule has 1 heterocycles. The van der Waals surface area contributed by atoms with E-state index in [4.69, 9.17) is 0 Å². The molecule has 1 N–H and O–H groups in total. The highest BCUT2D eigenvalue weighted by molar-refractivity contribution is 5.95. The lowest BCUT2D eigenvalue weighted by Crippen LogP contribution is -2.28. The van der Waals surface area contributed by atoms with Crippen molar-refractivity contribution in [3.8, 4) is 11.8 Å². The van der Waals surface area contributed by atoms with E-state index in [9.17, 15) is 10.1 Å². The standard InChI is InChI=1S/C18H21N3O/c1-13(2)7-9-20-18(22)17-15(12-19)8-10-21(17)16-6-4-5-14(3)11-16/h4-6,8,10-11,13H,7,9H2,1-3H3,(H,20,22). The van der Waals surface area contributed by atoms with Crippen molar-refractivity contribution in [3.05, 3.63) is 53.3 Å². The van der Waals surface area contributed by atoms with Gasteiger partial charge < -0.3 is 9.88 Å². The number of amides is 1. The molecule has 1 aromatic heterocycles. The summed E-state index contributed by atoms with van der Waals surface area (Å²) in [6.07, 6.45) is 2.68. The van der Waals surface area contributed by atoms with Gasteiger partial charge >= 0.3 is 0 Å². The number of nitrogens with one attached hydrogen (secondary N) is 1. The number of nitrogens with zero attached hydrogens (tertiary/aromatic N) is 2. The van der Waals surface area contributed by atoms with Crippen LogP contribution in [0.1, 0.15) is 41.9 Å². The maximum absolute atomic E-state index is 12.5. The smallest absolute Gasteiger partial charge is 0.269 e. The van der Waals surface area contributed by atoms with Gasteiger partial charge in [-0.25, -0.2) is 0 Å². The van der Waals surface area contributed by atoms with Crippen LogP contribution in [-0.2, 0) is 0 Å². The Morgan fingerprint density at radius 3 is 2.77 bits per heavy atom. The van der Waals surface area contributed by atoms with Gasteiger partial charge in [-0.3, -0.25) is 4.79 Å².